The number of carbonyl (C=O) groups is 2. The van der Waals surface area contributed by atoms with Gasteiger partial charge in [-0.15, -0.1) is 0 Å². The molecule has 1 aromatic carbocycles. The molecule has 2 aliphatic heterocycles. The molecule has 0 spiro atoms. The smallest absolute Gasteiger partial charge is 0.261 e. The lowest BCUT2D eigenvalue weighted by molar-refractivity contribution is 0.00353. The van der Waals surface area contributed by atoms with Crippen molar-refractivity contribution in [1.82, 2.24) is 5.32 Å². The van der Waals surface area contributed by atoms with Gasteiger partial charge in [0, 0.05) is 13.1 Å². The number of hydrogen-bond donors (Lipinski definition) is 2. The van der Waals surface area contributed by atoms with E-state index < -0.39 is 0 Å². The Morgan fingerprint density at radius 3 is 3.00 bits per heavy atom. The molecule has 19 heavy (non-hydrogen) atoms. The number of imide groups is 1. The van der Waals surface area contributed by atoms with Crippen molar-refractivity contribution in [3.8, 4) is 0 Å². The topological polar surface area (TPSA) is 78.9 Å². The summed E-state index contributed by atoms with van der Waals surface area (Å²) in [4.78, 5) is 25.4. The van der Waals surface area contributed by atoms with Crippen molar-refractivity contribution in [3.63, 3.8) is 0 Å². The molecule has 0 bridgehead atoms. The highest BCUT2D eigenvalue weighted by Crippen LogP contribution is 2.28. The van der Waals surface area contributed by atoms with E-state index in [4.69, 9.17) is 9.84 Å². The van der Waals surface area contributed by atoms with Crippen LogP contribution in [0, 0.1) is 0 Å². The van der Waals surface area contributed by atoms with Crippen LogP contribution in [0.3, 0.4) is 0 Å². The van der Waals surface area contributed by atoms with Crippen molar-refractivity contribution in [3.05, 3.63) is 29.3 Å². The molecule has 2 heterocycles. The first-order chi connectivity index (χ1) is 9.20. The SMILES string of the molecule is O=C1NC(=O)c2c1cccc2N1CCO[C@H](CO)C1. The quantitative estimate of drug-likeness (QED) is 0.720. The molecule has 1 fully saturated rings. The van der Waals surface area contributed by atoms with Crippen molar-refractivity contribution in [1.29, 1.82) is 0 Å². The third kappa shape index (κ3) is 1.98. The summed E-state index contributed by atoms with van der Waals surface area (Å²) in [6.07, 6.45) is -0.259. The number of amides is 2. The number of aliphatic hydroxyl groups is 1. The van der Waals surface area contributed by atoms with Crippen LogP contribution in [0.25, 0.3) is 0 Å². The lowest BCUT2D eigenvalue weighted by Crippen LogP contribution is -2.44. The lowest BCUT2D eigenvalue weighted by atomic mass is 10.1. The Bertz CT molecular complexity index is 543. The number of ether oxygens (including phenoxy) is 1. The highest BCUT2D eigenvalue weighted by atomic mass is 16.5. The van der Waals surface area contributed by atoms with Crippen LogP contribution >= 0.6 is 0 Å². The summed E-state index contributed by atoms with van der Waals surface area (Å²) in [6.45, 7) is 1.57. The van der Waals surface area contributed by atoms with Crippen LogP contribution in [0.5, 0.6) is 0 Å². The van der Waals surface area contributed by atoms with Gasteiger partial charge in [-0.2, -0.15) is 0 Å². The second kappa shape index (κ2) is 4.64. The molecule has 1 saturated heterocycles. The molecule has 3 rings (SSSR count). The number of nitrogens with one attached hydrogen (secondary N) is 1. The fourth-order valence-corrected chi connectivity index (χ4v) is 2.51. The Morgan fingerprint density at radius 2 is 2.21 bits per heavy atom. The molecule has 6 nitrogen and oxygen atoms in total. The predicted molar refractivity (Wildman–Crippen MR) is 67.3 cm³/mol. The van der Waals surface area contributed by atoms with Gasteiger partial charge in [0.05, 0.1) is 36.1 Å². The molecule has 0 aliphatic carbocycles. The average molecular weight is 262 g/mol. The van der Waals surface area contributed by atoms with Crippen LogP contribution in [0.4, 0.5) is 5.69 Å². The summed E-state index contributed by atoms with van der Waals surface area (Å²) >= 11 is 0. The van der Waals surface area contributed by atoms with Gasteiger partial charge in [-0.05, 0) is 12.1 Å². The molecule has 0 unspecified atom stereocenters. The van der Waals surface area contributed by atoms with E-state index in [2.05, 4.69) is 5.32 Å². The predicted octanol–water partition coefficient (Wildman–Crippen LogP) is -0.232. The first-order valence-electron chi connectivity index (χ1n) is 6.17. The summed E-state index contributed by atoms with van der Waals surface area (Å²) in [7, 11) is 0. The van der Waals surface area contributed by atoms with E-state index in [-0.39, 0.29) is 24.5 Å². The Labute approximate surface area is 110 Å². The largest absolute Gasteiger partial charge is 0.394 e. The van der Waals surface area contributed by atoms with E-state index >= 15 is 0 Å². The summed E-state index contributed by atoms with van der Waals surface area (Å²) in [5.41, 5.74) is 1.56. The van der Waals surface area contributed by atoms with Crippen LogP contribution in [-0.2, 0) is 4.74 Å². The number of hydrogen-bond acceptors (Lipinski definition) is 5. The summed E-state index contributed by atoms with van der Waals surface area (Å²) in [5.74, 6) is -0.712. The minimum Gasteiger partial charge on any atom is -0.394 e. The van der Waals surface area contributed by atoms with E-state index in [1.807, 2.05) is 11.0 Å². The maximum absolute atomic E-state index is 11.9. The van der Waals surface area contributed by atoms with Crippen molar-refractivity contribution in [2.45, 2.75) is 6.10 Å². The third-order valence-corrected chi connectivity index (χ3v) is 3.42. The highest BCUT2D eigenvalue weighted by molar-refractivity contribution is 6.23. The van der Waals surface area contributed by atoms with Crippen LogP contribution in [-0.4, -0.2) is 49.3 Å². The first-order valence-corrected chi connectivity index (χ1v) is 6.17. The average Bonchev–Trinajstić information content (AvgIpc) is 2.74. The van der Waals surface area contributed by atoms with Gasteiger partial charge in [0.25, 0.3) is 11.8 Å². The molecule has 2 N–H and O–H groups in total. The van der Waals surface area contributed by atoms with Gasteiger partial charge in [-0.25, -0.2) is 0 Å². The molecule has 2 amide bonds. The summed E-state index contributed by atoms with van der Waals surface area (Å²) < 4.78 is 5.39. The lowest BCUT2D eigenvalue weighted by Gasteiger charge is -2.34. The molecular weight excluding hydrogens is 248 g/mol. The fraction of sp³-hybridized carbons (Fsp3) is 0.385. The Balaban J connectivity index is 1.98. The number of anilines is 1. The number of morpholine rings is 1. The highest BCUT2D eigenvalue weighted by Gasteiger charge is 2.32. The molecule has 1 aromatic rings. The first kappa shape index (κ1) is 12.1. The minimum absolute atomic E-state index is 0.0589. The van der Waals surface area contributed by atoms with Gasteiger partial charge in [-0.1, -0.05) is 6.07 Å². The van der Waals surface area contributed by atoms with Crippen molar-refractivity contribution < 1.29 is 19.4 Å². The van der Waals surface area contributed by atoms with Gasteiger partial charge in [-0.3, -0.25) is 14.9 Å². The summed E-state index contributed by atoms with van der Waals surface area (Å²) in [5, 5.41) is 11.5. The number of benzene rings is 1. The Morgan fingerprint density at radius 1 is 1.37 bits per heavy atom. The van der Waals surface area contributed by atoms with Crippen LogP contribution < -0.4 is 10.2 Å². The number of aliphatic hydroxyl groups excluding tert-OH is 1. The van der Waals surface area contributed by atoms with Crippen molar-refractivity contribution in [2.24, 2.45) is 0 Å². The molecule has 6 heteroatoms. The van der Waals surface area contributed by atoms with Gasteiger partial charge >= 0.3 is 0 Å². The number of fused-ring (bicyclic) bond motifs is 1. The van der Waals surface area contributed by atoms with Gasteiger partial charge in [0.15, 0.2) is 0 Å². The Kier molecular flexibility index (Phi) is 2.96. The number of nitrogens with zero attached hydrogens (tertiary/aromatic N) is 1. The van der Waals surface area contributed by atoms with E-state index in [0.717, 1.165) is 5.69 Å². The molecular formula is C13H14N2O4. The second-order valence-electron chi connectivity index (χ2n) is 4.60. The van der Waals surface area contributed by atoms with E-state index in [0.29, 0.717) is 30.8 Å². The van der Waals surface area contributed by atoms with E-state index in [9.17, 15) is 9.59 Å². The zero-order valence-electron chi connectivity index (χ0n) is 10.3. The van der Waals surface area contributed by atoms with E-state index in [1.165, 1.54) is 0 Å². The van der Waals surface area contributed by atoms with Crippen molar-refractivity contribution >= 4 is 17.5 Å². The standard InChI is InChI=1S/C13H14N2O4/c16-7-8-6-15(4-5-19-8)10-3-1-2-9-11(10)13(18)14-12(9)17/h1-3,8,16H,4-7H2,(H,14,17,18)/t8-/m0/s1. The molecule has 1 atom stereocenters. The molecule has 0 saturated carbocycles. The Hall–Kier alpha value is -1.92. The van der Waals surface area contributed by atoms with Crippen LogP contribution in [0.2, 0.25) is 0 Å². The minimum atomic E-state index is -0.359. The van der Waals surface area contributed by atoms with Gasteiger partial charge < -0.3 is 14.7 Å². The van der Waals surface area contributed by atoms with Gasteiger partial charge in [0.2, 0.25) is 0 Å². The molecule has 0 aromatic heterocycles. The van der Waals surface area contributed by atoms with Gasteiger partial charge in [0.1, 0.15) is 0 Å². The zero-order valence-corrected chi connectivity index (χ0v) is 10.3. The molecule has 100 valence electrons. The molecule has 0 radical (unpaired) electrons. The number of carbonyl (C=O) groups excluding carboxylic acids is 2. The molecule has 2 aliphatic rings. The third-order valence-electron chi connectivity index (χ3n) is 3.42. The monoisotopic (exact) mass is 262 g/mol. The van der Waals surface area contributed by atoms with Crippen LogP contribution in [0.15, 0.2) is 18.2 Å². The maximum Gasteiger partial charge on any atom is 0.261 e. The second-order valence-corrected chi connectivity index (χ2v) is 4.60. The normalized spacial score (nSPS) is 22.4. The summed E-state index contributed by atoms with van der Waals surface area (Å²) in [6, 6.07) is 5.22. The maximum atomic E-state index is 11.9. The van der Waals surface area contributed by atoms with Crippen LogP contribution in [0.1, 0.15) is 20.7 Å². The van der Waals surface area contributed by atoms with Crippen molar-refractivity contribution in [2.75, 3.05) is 31.2 Å². The van der Waals surface area contributed by atoms with E-state index in [1.54, 1.807) is 12.1 Å². The zero-order chi connectivity index (χ0) is 13.4. The number of rotatable bonds is 2. The fourth-order valence-electron chi connectivity index (χ4n) is 2.51.